The molecule has 3 heterocycles. The number of rotatable bonds is 5. The van der Waals surface area contributed by atoms with Crippen LogP contribution in [0.15, 0.2) is 109 Å². The van der Waals surface area contributed by atoms with Gasteiger partial charge in [0.1, 0.15) is 33.0 Å². The SMILES string of the molecule is N#C/C(=C1\SC(C(=O)c2ccccc2)=NN1c1ccccc1)c1nc(-c2cc3cc(Br)ccc3o2)cs1. The van der Waals surface area contributed by atoms with E-state index >= 15 is 0 Å². The van der Waals surface area contributed by atoms with E-state index in [9.17, 15) is 10.1 Å². The molecule has 0 aliphatic carbocycles. The first-order valence-corrected chi connectivity index (χ1v) is 13.6. The van der Waals surface area contributed by atoms with Crippen molar-refractivity contribution in [1.29, 1.82) is 5.26 Å². The number of hydrazone groups is 1. The zero-order valence-corrected chi connectivity index (χ0v) is 22.2. The van der Waals surface area contributed by atoms with E-state index in [-0.39, 0.29) is 10.8 Å². The Labute approximate surface area is 228 Å². The highest BCUT2D eigenvalue weighted by molar-refractivity contribution is 9.10. The fraction of sp³-hybridized carbons (Fsp3) is 0. The van der Waals surface area contributed by atoms with Crippen LogP contribution in [0.4, 0.5) is 5.69 Å². The molecule has 9 heteroatoms. The number of nitriles is 1. The van der Waals surface area contributed by atoms with Gasteiger partial charge in [-0.15, -0.1) is 11.3 Å². The molecule has 0 radical (unpaired) electrons. The van der Waals surface area contributed by atoms with Crippen LogP contribution in [0.3, 0.4) is 0 Å². The van der Waals surface area contributed by atoms with Crippen LogP contribution in [0.5, 0.6) is 0 Å². The zero-order chi connectivity index (χ0) is 25.4. The van der Waals surface area contributed by atoms with Crippen LogP contribution in [0.1, 0.15) is 15.4 Å². The Morgan fingerprint density at radius 1 is 1.00 bits per heavy atom. The molecule has 0 amide bonds. The second-order valence-electron chi connectivity index (χ2n) is 7.97. The number of aromatic nitrogens is 1. The smallest absolute Gasteiger partial charge is 0.220 e. The third-order valence-electron chi connectivity index (χ3n) is 5.58. The lowest BCUT2D eigenvalue weighted by molar-refractivity contribution is 0.106. The van der Waals surface area contributed by atoms with Crippen LogP contribution >= 0.6 is 39.0 Å². The minimum Gasteiger partial charge on any atom is -0.454 e. The van der Waals surface area contributed by atoms with Gasteiger partial charge in [0, 0.05) is 20.8 Å². The predicted molar refractivity (Wildman–Crippen MR) is 152 cm³/mol. The molecule has 0 N–H and O–H groups in total. The van der Waals surface area contributed by atoms with Crippen molar-refractivity contribution in [2.45, 2.75) is 0 Å². The van der Waals surface area contributed by atoms with Gasteiger partial charge in [-0.25, -0.2) is 9.99 Å². The number of hydrogen-bond donors (Lipinski definition) is 0. The second-order valence-corrected chi connectivity index (χ2v) is 10.7. The van der Waals surface area contributed by atoms with E-state index in [1.807, 2.05) is 78.2 Å². The third kappa shape index (κ3) is 4.51. The van der Waals surface area contributed by atoms with E-state index in [4.69, 9.17) is 9.40 Å². The highest BCUT2D eigenvalue weighted by atomic mass is 79.9. The molecular weight excluding hydrogens is 568 g/mol. The summed E-state index contributed by atoms with van der Waals surface area (Å²) in [5.74, 6) is 0.417. The molecule has 0 atom stereocenters. The van der Waals surface area contributed by atoms with E-state index in [2.05, 4.69) is 27.1 Å². The molecule has 0 spiro atoms. The number of allylic oxidation sites excluding steroid dienone is 1. The highest BCUT2D eigenvalue weighted by Crippen LogP contribution is 2.41. The number of carbonyl (C=O) groups is 1. The van der Waals surface area contributed by atoms with E-state index in [1.165, 1.54) is 23.1 Å². The number of halogens is 1. The topological polar surface area (TPSA) is 82.5 Å². The van der Waals surface area contributed by atoms with Crippen LogP contribution in [-0.4, -0.2) is 15.8 Å². The number of furan rings is 1. The first-order chi connectivity index (χ1) is 18.1. The van der Waals surface area contributed by atoms with Crippen molar-refractivity contribution in [2.24, 2.45) is 5.10 Å². The van der Waals surface area contributed by atoms with Crippen LogP contribution in [0, 0.1) is 11.3 Å². The van der Waals surface area contributed by atoms with Gasteiger partial charge in [0.15, 0.2) is 10.8 Å². The Morgan fingerprint density at radius 2 is 1.76 bits per heavy atom. The summed E-state index contributed by atoms with van der Waals surface area (Å²) in [4.78, 5) is 17.9. The number of fused-ring (bicyclic) bond motifs is 1. The summed E-state index contributed by atoms with van der Waals surface area (Å²) in [6.07, 6.45) is 0. The summed E-state index contributed by atoms with van der Waals surface area (Å²) in [6, 6.07) is 28.5. The quantitative estimate of drug-likeness (QED) is 0.154. The average molecular weight is 583 g/mol. The van der Waals surface area contributed by atoms with E-state index in [0.29, 0.717) is 32.6 Å². The molecule has 5 aromatic rings. The van der Waals surface area contributed by atoms with Crippen molar-refractivity contribution >= 4 is 72.1 Å². The standard InChI is InChI=1S/C28H15BrN4O2S2/c29-19-11-12-23-18(13-19)14-24(35-23)22-16-36-26(31-22)21(15-30)28-33(20-9-5-2-6-10-20)32-27(37-28)25(34)17-7-3-1-4-8-17/h1-14,16H/b28-21+. The van der Waals surface area contributed by atoms with Gasteiger partial charge in [-0.2, -0.15) is 10.4 Å². The molecule has 1 aliphatic rings. The molecular formula is C28H15BrN4O2S2. The van der Waals surface area contributed by atoms with Gasteiger partial charge in [-0.3, -0.25) is 4.79 Å². The lowest BCUT2D eigenvalue weighted by atomic mass is 10.1. The Hall–Kier alpha value is -3.97. The lowest BCUT2D eigenvalue weighted by Gasteiger charge is -2.16. The number of nitrogens with zero attached hydrogens (tertiary/aromatic N) is 4. The molecule has 178 valence electrons. The molecule has 0 saturated heterocycles. The minimum atomic E-state index is -0.202. The van der Waals surface area contributed by atoms with E-state index < -0.39 is 0 Å². The molecule has 0 fully saturated rings. The maximum Gasteiger partial charge on any atom is 0.220 e. The van der Waals surface area contributed by atoms with Crippen molar-refractivity contribution in [3.63, 3.8) is 0 Å². The van der Waals surface area contributed by atoms with E-state index in [0.717, 1.165) is 21.1 Å². The first-order valence-electron chi connectivity index (χ1n) is 11.1. The van der Waals surface area contributed by atoms with Crippen molar-refractivity contribution < 1.29 is 9.21 Å². The monoisotopic (exact) mass is 582 g/mol. The molecule has 3 aromatic carbocycles. The molecule has 6 rings (SSSR count). The molecule has 0 bridgehead atoms. The minimum absolute atomic E-state index is 0.202. The number of carbonyl (C=O) groups excluding carboxylic acids is 1. The number of anilines is 1. The summed E-state index contributed by atoms with van der Waals surface area (Å²) in [6.45, 7) is 0. The van der Waals surface area contributed by atoms with Crippen molar-refractivity contribution in [1.82, 2.24) is 4.98 Å². The first kappa shape index (κ1) is 23.4. The summed E-state index contributed by atoms with van der Waals surface area (Å²) in [5, 5.41) is 20.6. The fourth-order valence-corrected chi connectivity index (χ4v) is 6.07. The van der Waals surface area contributed by atoms with Crippen LogP contribution in [0.2, 0.25) is 0 Å². The third-order valence-corrected chi connectivity index (χ3v) is 7.97. The number of hydrogen-bond acceptors (Lipinski definition) is 8. The maximum absolute atomic E-state index is 13.2. The van der Waals surface area contributed by atoms with Gasteiger partial charge in [-0.1, -0.05) is 64.5 Å². The molecule has 1 aliphatic heterocycles. The summed E-state index contributed by atoms with van der Waals surface area (Å²) in [5.41, 5.74) is 3.01. The Morgan fingerprint density at radius 3 is 2.51 bits per heavy atom. The summed E-state index contributed by atoms with van der Waals surface area (Å²) >= 11 is 6.00. The Bertz CT molecular complexity index is 1750. The lowest BCUT2D eigenvalue weighted by Crippen LogP contribution is -2.11. The largest absolute Gasteiger partial charge is 0.454 e. The number of para-hydroxylation sites is 1. The predicted octanol–water partition coefficient (Wildman–Crippen LogP) is 7.96. The summed E-state index contributed by atoms with van der Waals surface area (Å²) < 4.78 is 6.95. The van der Waals surface area contributed by atoms with Crippen molar-refractivity contribution in [3.8, 4) is 17.5 Å². The molecule has 0 saturated carbocycles. The van der Waals surface area contributed by atoms with Gasteiger partial charge in [0.2, 0.25) is 5.78 Å². The molecule has 6 nitrogen and oxygen atoms in total. The second kappa shape index (κ2) is 9.82. The van der Waals surface area contributed by atoms with Gasteiger partial charge >= 0.3 is 0 Å². The number of thiazole rings is 1. The molecule has 2 aromatic heterocycles. The molecule has 0 unspecified atom stereocenters. The average Bonchev–Trinajstić information content (AvgIpc) is 3.68. The molecule has 37 heavy (non-hydrogen) atoms. The van der Waals surface area contributed by atoms with E-state index in [1.54, 1.807) is 17.1 Å². The Kier molecular flexibility index (Phi) is 6.22. The normalized spacial score (nSPS) is 14.5. The van der Waals surface area contributed by atoms with Crippen LogP contribution in [-0.2, 0) is 0 Å². The number of benzene rings is 3. The number of thioether (sulfide) groups is 1. The van der Waals surface area contributed by atoms with Gasteiger partial charge < -0.3 is 4.42 Å². The van der Waals surface area contributed by atoms with Crippen molar-refractivity contribution in [2.75, 3.05) is 5.01 Å². The van der Waals surface area contributed by atoms with Gasteiger partial charge in [0.25, 0.3) is 0 Å². The van der Waals surface area contributed by atoms with Gasteiger partial charge in [-0.05, 0) is 48.2 Å². The van der Waals surface area contributed by atoms with Crippen LogP contribution in [0.25, 0.3) is 28.0 Å². The fourth-order valence-electron chi connectivity index (χ4n) is 3.83. The maximum atomic E-state index is 13.2. The highest BCUT2D eigenvalue weighted by Gasteiger charge is 2.32. The van der Waals surface area contributed by atoms with Gasteiger partial charge in [0.05, 0.1) is 5.69 Å². The zero-order valence-electron chi connectivity index (χ0n) is 19.0. The summed E-state index contributed by atoms with van der Waals surface area (Å²) in [7, 11) is 0. The van der Waals surface area contributed by atoms with Crippen molar-refractivity contribution in [3.05, 3.63) is 110 Å². The Balaban J connectivity index is 1.41. The number of Topliss-reactive ketones (excluding diaryl/α,β-unsaturated/α-hetero) is 1. The number of ketones is 1. The van der Waals surface area contributed by atoms with Crippen LogP contribution < -0.4 is 5.01 Å².